The molecule has 0 saturated carbocycles. The molecule has 1 aromatic heterocycles. The summed E-state index contributed by atoms with van der Waals surface area (Å²) in [6.07, 6.45) is 1.92. The minimum absolute atomic E-state index is 0.214. The van der Waals surface area contributed by atoms with E-state index in [1.165, 1.54) is 11.8 Å². The van der Waals surface area contributed by atoms with Crippen LogP contribution in [0.25, 0.3) is 0 Å². The largest absolute Gasteiger partial charge is 0.465 e. The first-order valence-electron chi connectivity index (χ1n) is 6.13. The molecule has 1 aromatic rings. The summed E-state index contributed by atoms with van der Waals surface area (Å²) in [5, 5.41) is 8.70. The van der Waals surface area contributed by atoms with Gasteiger partial charge in [-0.25, -0.2) is 0 Å². The Morgan fingerprint density at radius 2 is 2.22 bits per heavy atom. The van der Waals surface area contributed by atoms with E-state index < -0.39 is 0 Å². The Hall–Kier alpha value is -1.08. The minimum atomic E-state index is -0.214. The average Bonchev–Trinajstić information content (AvgIpc) is 2.78. The molecule has 0 unspecified atom stereocenters. The summed E-state index contributed by atoms with van der Waals surface area (Å²) in [5.41, 5.74) is 5.55. The lowest BCUT2D eigenvalue weighted by atomic mass is 10.4. The number of carbonyl (C=O) groups is 1. The number of nitrogens with zero attached hydrogens (tertiary/aromatic N) is 3. The van der Waals surface area contributed by atoms with Crippen molar-refractivity contribution in [3.8, 4) is 0 Å². The van der Waals surface area contributed by atoms with Crippen molar-refractivity contribution in [2.24, 2.45) is 5.73 Å². The van der Waals surface area contributed by atoms with Gasteiger partial charge in [0.1, 0.15) is 5.82 Å². The van der Waals surface area contributed by atoms with Crippen molar-refractivity contribution in [1.29, 1.82) is 0 Å². The predicted octanol–water partition coefficient (Wildman–Crippen LogP) is 1.19. The Labute approximate surface area is 111 Å². The first-order chi connectivity index (χ1) is 8.72. The van der Waals surface area contributed by atoms with E-state index in [-0.39, 0.29) is 11.7 Å². The molecule has 0 aliphatic rings. The van der Waals surface area contributed by atoms with Crippen molar-refractivity contribution in [2.75, 3.05) is 12.4 Å². The topological polar surface area (TPSA) is 83.0 Å². The molecule has 0 atom stereocenters. The van der Waals surface area contributed by atoms with Crippen LogP contribution in [0.1, 0.15) is 32.5 Å². The number of carbonyl (C=O) groups excluding carboxylic acids is 1. The zero-order valence-corrected chi connectivity index (χ0v) is 11.7. The van der Waals surface area contributed by atoms with Crippen LogP contribution in [0.5, 0.6) is 0 Å². The van der Waals surface area contributed by atoms with Gasteiger partial charge in [-0.05, 0) is 13.3 Å². The molecule has 2 N–H and O–H groups in total. The van der Waals surface area contributed by atoms with E-state index in [4.69, 9.17) is 10.5 Å². The van der Waals surface area contributed by atoms with Crippen LogP contribution in [0, 0.1) is 0 Å². The second kappa shape index (κ2) is 8.10. The smallest absolute Gasteiger partial charge is 0.316 e. The third-order valence-electron chi connectivity index (χ3n) is 2.37. The van der Waals surface area contributed by atoms with Crippen LogP contribution in [-0.4, -0.2) is 33.1 Å². The first kappa shape index (κ1) is 15.0. The highest BCUT2D eigenvalue weighted by Crippen LogP contribution is 2.16. The second-order valence-electron chi connectivity index (χ2n) is 3.71. The van der Waals surface area contributed by atoms with Gasteiger partial charge in [0.05, 0.1) is 18.9 Å². The maximum absolute atomic E-state index is 11.4. The lowest BCUT2D eigenvalue weighted by Crippen LogP contribution is -2.11. The standard InChI is InChI=1S/C11H20N4O2S/c1-3-5-6-17-10(16)8-18-11-14-13-9(7-12)15(11)4-2/h3-8,12H2,1-2H3. The highest BCUT2D eigenvalue weighted by molar-refractivity contribution is 7.99. The number of nitrogens with two attached hydrogens (primary N) is 1. The molecule has 0 bridgehead atoms. The van der Waals surface area contributed by atoms with E-state index in [0.717, 1.165) is 25.2 Å². The van der Waals surface area contributed by atoms with E-state index in [9.17, 15) is 4.79 Å². The summed E-state index contributed by atoms with van der Waals surface area (Å²) in [6, 6.07) is 0. The van der Waals surface area contributed by atoms with E-state index >= 15 is 0 Å². The summed E-state index contributed by atoms with van der Waals surface area (Å²) in [6.45, 7) is 5.63. The van der Waals surface area contributed by atoms with Gasteiger partial charge in [0.2, 0.25) is 0 Å². The summed E-state index contributed by atoms with van der Waals surface area (Å²) < 4.78 is 6.98. The van der Waals surface area contributed by atoms with E-state index in [0.29, 0.717) is 18.3 Å². The normalized spacial score (nSPS) is 10.6. The third-order valence-corrected chi connectivity index (χ3v) is 3.31. The van der Waals surface area contributed by atoms with Gasteiger partial charge in [0.15, 0.2) is 5.16 Å². The zero-order valence-electron chi connectivity index (χ0n) is 10.9. The number of unbranched alkanes of at least 4 members (excludes halogenated alkanes) is 1. The minimum Gasteiger partial charge on any atom is -0.465 e. The van der Waals surface area contributed by atoms with Crippen LogP contribution in [0.4, 0.5) is 0 Å². The molecule has 6 nitrogen and oxygen atoms in total. The lowest BCUT2D eigenvalue weighted by molar-refractivity contribution is -0.140. The predicted molar refractivity (Wildman–Crippen MR) is 70.2 cm³/mol. The van der Waals surface area contributed by atoms with Crippen LogP contribution in [0.15, 0.2) is 5.16 Å². The summed E-state index contributed by atoms with van der Waals surface area (Å²) >= 11 is 1.33. The Morgan fingerprint density at radius 3 is 2.83 bits per heavy atom. The van der Waals surface area contributed by atoms with Gasteiger partial charge < -0.3 is 15.0 Å². The summed E-state index contributed by atoms with van der Waals surface area (Å²) in [4.78, 5) is 11.4. The first-order valence-corrected chi connectivity index (χ1v) is 7.12. The summed E-state index contributed by atoms with van der Waals surface area (Å²) in [7, 11) is 0. The van der Waals surface area contributed by atoms with Crippen molar-refractivity contribution in [3.63, 3.8) is 0 Å². The Bertz CT molecular complexity index is 381. The lowest BCUT2D eigenvalue weighted by Gasteiger charge is -2.06. The molecule has 1 heterocycles. The van der Waals surface area contributed by atoms with E-state index in [1.807, 2.05) is 11.5 Å². The number of thioether (sulfide) groups is 1. The van der Waals surface area contributed by atoms with Gasteiger partial charge in [-0.1, -0.05) is 25.1 Å². The van der Waals surface area contributed by atoms with Crippen LogP contribution >= 0.6 is 11.8 Å². The van der Waals surface area contributed by atoms with Crippen LogP contribution in [0.3, 0.4) is 0 Å². The third kappa shape index (κ3) is 4.30. The molecule has 102 valence electrons. The van der Waals surface area contributed by atoms with Crippen molar-refractivity contribution >= 4 is 17.7 Å². The molecule has 7 heteroatoms. The van der Waals surface area contributed by atoms with Gasteiger partial charge in [-0.3, -0.25) is 4.79 Å². The van der Waals surface area contributed by atoms with Crippen molar-refractivity contribution in [3.05, 3.63) is 5.82 Å². The van der Waals surface area contributed by atoms with Crippen LogP contribution in [0.2, 0.25) is 0 Å². The maximum Gasteiger partial charge on any atom is 0.316 e. The number of hydrogen-bond acceptors (Lipinski definition) is 6. The molecule has 0 radical (unpaired) electrons. The fourth-order valence-electron chi connectivity index (χ4n) is 1.39. The Morgan fingerprint density at radius 1 is 1.44 bits per heavy atom. The molecule has 0 amide bonds. The molecule has 0 aromatic carbocycles. The monoisotopic (exact) mass is 272 g/mol. The van der Waals surface area contributed by atoms with E-state index in [1.54, 1.807) is 0 Å². The SMILES string of the molecule is CCCCOC(=O)CSc1nnc(CN)n1CC. The van der Waals surface area contributed by atoms with E-state index in [2.05, 4.69) is 17.1 Å². The van der Waals surface area contributed by atoms with Gasteiger partial charge in [-0.15, -0.1) is 10.2 Å². The molecular weight excluding hydrogens is 252 g/mol. The number of ether oxygens (including phenoxy) is 1. The van der Waals surface area contributed by atoms with Crippen molar-refractivity contribution in [2.45, 2.75) is 44.9 Å². The van der Waals surface area contributed by atoms with Crippen molar-refractivity contribution < 1.29 is 9.53 Å². The number of aromatic nitrogens is 3. The Kier molecular flexibility index (Phi) is 6.74. The quantitative estimate of drug-likeness (QED) is 0.435. The molecule has 18 heavy (non-hydrogen) atoms. The molecule has 1 rings (SSSR count). The van der Waals surface area contributed by atoms with Gasteiger partial charge >= 0.3 is 5.97 Å². The maximum atomic E-state index is 11.4. The van der Waals surface area contributed by atoms with Crippen LogP contribution < -0.4 is 5.73 Å². The molecule has 0 saturated heterocycles. The fraction of sp³-hybridized carbons (Fsp3) is 0.727. The van der Waals surface area contributed by atoms with Gasteiger partial charge in [-0.2, -0.15) is 0 Å². The molecular formula is C11H20N4O2S. The molecule has 0 fully saturated rings. The fourth-order valence-corrected chi connectivity index (χ4v) is 2.21. The Balaban J connectivity index is 2.43. The molecule has 0 aliphatic carbocycles. The van der Waals surface area contributed by atoms with Crippen LogP contribution in [-0.2, 0) is 22.6 Å². The highest BCUT2D eigenvalue weighted by Gasteiger charge is 2.12. The zero-order chi connectivity index (χ0) is 13.4. The second-order valence-corrected chi connectivity index (χ2v) is 4.65. The number of rotatable bonds is 8. The number of hydrogen-bond donors (Lipinski definition) is 1. The summed E-state index contributed by atoms with van der Waals surface area (Å²) in [5.74, 6) is 0.777. The average molecular weight is 272 g/mol. The van der Waals surface area contributed by atoms with Crippen molar-refractivity contribution in [1.82, 2.24) is 14.8 Å². The van der Waals surface area contributed by atoms with Gasteiger partial charge in [0.25, 0.3) is 0 Å². The molecule has 0 spiro atoms. The molecule has 0 aliphatic heterocycles. The number of esters is 1. The highest BCUT2D eigenvalue weighted by atomic mass is 32.2. The van der Waals surface area contributed by atoms with Gasteiger partial charge in [0, 0.05) is 6.54 Å².